The summed E-state index contributed by atoms with van der Waals surface area (Å²) in [7, 11) is 0. The Morgan fingerprint density at radius 3 is 2.50 bits per heavy atom. The number of aromatic nitrogens is 2. The molecule has 1 aromatic rings. The first kappa shape index (κ1) is 13.4. The average molecular weight is 285 g/mol. The molecule has 0 radical (unpaired) electrons. The summed E-state index contributed by atoms with van der Waals surface area (Å²) in [5.41, 5.74) is 0. The van der Waals surface area contributed by atoms with E-state index in [4.69, 9.17) is 11.8 Å². The number of piperidine rings is 1. The molecular weight excluding hydrogens is 273 g/mol. The molecule has 0 aromatic carbocycles. The Labute approximate surface area is 106 Å². The molecule has 0 amide bonds. The molecule has 0 saturated carbocycles. The molecule has 2 rings (SSSR count). The maximum atomic E-state index is 12.3. The highest BCUT2D eigenvalue weighted by Gasteiger charge is 2.39. The van der Waals surface area contributed by atoms with Gasteiger partial charge in [-0.25, -0.2) is 4.84 Å². The van der Waals surface area contributed by atoms with E-state index >= 15 is 0 Å². The minimum Gasteiger partial charge on any atom is -0.399 e. The van der Waals surface area contributed by atoms with Crippen molar-refractivity contribution >= 4 is 17.8 Å². The van der Waals surface area contributed by atoms with Gasteiger partial charge >= 0.3 is 18.1 Å². The lowest BCUT2D eigenvalue weighted by atomic mass is 9.97. The number of nitrogens with one attached hydrogen (secondary N) is 1. The van der Waals surface area contributed by atoms with Crippen LogP contribution in [-0.4, -0.2) is 29.8 Å². The fourth-order valence-corrected chi connectivity index (χ4v) is 2.11. The van der Waals surface area contributed by atoms with Gasteiger partial charge in [0.1, 0.15) is 0 Å². The molecule has 1 N–H and O–H groups in total. The van der Waals surface area contributed by atoms with Crippen molar-refractivity contribution in [3.8, 4) is 0 Å². The number of halogens is 4. The van der Waals surface area contributed by atoms with E-state index in [1.807, 2.05) is 0 Å². The third kappa shape index (κ3) is 3.05. The lowest BCUT2D eigenvalue weighted by Gasteiger charge is -2.30. The van der Waals surface area contributed by atoms with Crippen LogP contribution in [0.1, 0.15) is 18.7 Å². The topological polar surface area (TPSA) is 54.2 Å². The molecule has 0 unspecified atom stereocenters. The molecule has 1 aliphatic heterocycles. The highest BCUT2D eigenvalue weighted by atomic mass is 35.5. The van der Waals surface area contributed by atoms with Crippen LogP contribution in [0, 0.1) is 5.92 Å². The van der Waals surface area contributed by atoms with E-state index in [0.717, 1.165) is 12.8 Å². The minimum absolute atomic E-state index is 0.0698. The zero-order chi connectivity index (χ0) is 13.2. The summed E-state index contributed by atoms with van der Waals surface area (Å²) in [5.74, 6) is -0.884. The number of anilines is 1. The van der Waals surface area contributed by atoms with Crippen molar-refractivity contribution in [3.63, 3.8) is 0 Å². The number of hydrogen-bond acceptors (Lipinski definition) is 5. The predicted octanol–water partition coefficient (Wildman–Crippen LogP) is 2.05. The monoisotopic (exact) mass is 284 g/mol. The van der Waals surface area contributed by atoms with Crippen molar-refractivity contribution in [2.75, 3.05) is 24.5 Å². The average Bonchev–Trinajstić information content (AvgIpc) is 2.79. The zero-order valence-corrected chi connectivity index (χ0v) is 10.1. The summed E-state index contributed by atoms with van der Waals surface area (Å²) in [6, 6.07) is -0.0698. The Morgan fingerprint density at radius 2 is 2.00 bits per heavy atom. The molecule has 1 aromatic heterocycles. The van der Waals surface area contributed by atoms with Crippen molar-refractivity contribution in [3.05, 3.63) is 5.89 Å². The molecule has 1 saturated heterocycles. The Hall–Kier alpha value is -1.02. The van der Waals surface area contributed by atoms with Crippen LogP contribution in [0.15, 0.2) is 4.42 Å². The van der Waals surface area contributed by atoms with Crippen LogP contribution in [0.4, 0.5) is 19.2 Å². The van der Waals surface area contributed by atoms with E-state index in [1.54, 1.807) is 4.90 Å². The first-order valence-electron chi connectivity index (χ1n) is 5.50. The minimum atomic E-state index is -4.59. The standard InChI is InChI=1S/C9H12ClF3N4O/c10-14-5-6-1-3-17(4-2-6)8-16-15-7(18-8)9(11,12)13/h6,14H,1-5H2. The summed E-state index contributed by atoms with van der Waals surface area (Å²) < 4.78 is 41.5. The Morgan fingerprint density at radius 1 is 1.33 bits per heavy atom. The fourth-order valence-electron chi connectivity index (χ4n) is 1.90. The maximum Gasteiger partial charge on any atom is 0.470 e. The van der Waals surface area contributed by atoms with Crippen molar-refractivity contribution in [1.29, 1.82) is 0 Å². The Kier molecular flexibility index (Phi) is 3.96. The van der Waals surface area contributed by atoms with Gasteiger partial charge in [0.05, 0.1) is 0 Å². The van der Waals surface area contributed by atoms with Crippen molar-refractivity contribution in [2.24, 2.45) is 5.92 Å². The molecular formula is C9H12ClF3N4O. The van der Waals surface area contributed by atoms with E-state index in [9.17, 15) is 13.2 Å². The quantitative estimate of drug-likeness (QED) is 0.861. The van der Waals surface area contributed by atoms with Crippen LogP contribution < -0.4 is 9.74 Å². The molecule has 5 nitrogen and oxygen atoms in total. The molecule has 0 bridgehead atoms. The van der Waals surface area contributed by atoms with E-state index in [2.05, 4.69) is 19.5 Å². The summed E-state index contributed by atoms with van der Waals surface area (Å²) in [4.78, 5) is 4.23. The second-order valence-electron chi connectivity index (χ2n) is 4.16. The van der Waals surface area contributed by atoms with Crippen LogP contribution in [0.5, 0.6) is 0 Å². The molecule has 102 valence electrons. The molecule has 1 aliphatic rings. The number of alkyl halides is 3. The number of hydrogen-bond donors (Lipinski definition) is 1. The van der Waals surface area contributed by atoms with Gasteiger partial charge in [0.15, 0.2) is 0 Å². The third-order valence-electron chi connectivity index (χ3n) is 2.91. The molecule has 9 heteroatoms. The third-order valence-corrected chi connectivity index (χ3v) is 3.06. The van der Waals surface area contributed by atoms with Crippen LogP contribution in [0.3, 0.4) is 0 Å². The first-order chi connectivity index (χ1) is 8.50. The Balaban J connectivity index is 1.95. The Bertz CT molecular complexity index is 389. The summed E-state index contributed by atoms with van der Waals surface area (Å²) in [5, 5.41) is 6.43. The largest absolute Gasteiger partial charge is 0.470 e. The van der Waals surface area contributed by atoms with E-state index < -0.39 is 12.1 Å². The summed E-state index contributed by atoms with van der Waals surface area (Å²) in [6.45, 7) is 1.86. The van der Waals surface area contributed by atoms with Crippen LogP contribution in [0.2, 0.25) is 0 Å². The first-order valence-corrected chi connectivity index (χ1v) is 5.87. The van der Waals surface area contributed by atoms with E-state index in [-0.39, 0.29) is 6.01 Å². The lowest BCUT2D eigenvalue weighted by Crippen LogP contribution is -2.36. The predicted molar refractivity (Wildman–Crippen MR) is 58.1 cm³/mol. The summed E-state index contributed by atoms with van der Waals surface area (Å²) in [6.07, 6.45) is -2.95. The highest BCUT2D eigenvalue weighted by Crippen LogP contribution is 2.30. The van der Waals surface area contributed by atoms with Gasteiger partial charge in [0.25, 0.3) is 0 Å². The lowest BCUT2D eigenvalue weighted by molar-refractivity contribution is -0.157. The fraction of sp³-hybridized carbons (Fsp3) is 0.778. The van der Waals surface area contributed by atoms with Crippen molar-refractivity contribution in [1.82, 2.24) is 15.0 Å². The highest BCUT2D eigenvalue weighted by molar-refractivity contribution is 6.13. The van der Waals surface area contributed by atoms with E-state index in [0.29, 0.717) is 25.6 Å². The van der Waals surface area contributed by atoms with Gasteiger partial charge in [-0.15, -0.1) is 5.10 Å². The van der Waals surface area contributed by atoms with Crippen LogP contribution >= 0.6 is 11.8 Å². The number of rotatable bonds is 3. The van der Waals surface area contributed by atoms with Crippen LogP contribution in [-0.2, 0) is 6.18 Å². The second kappa shape index (κ2) is 5.31. The maximum absolute atomic E-state index is 12.3. The van der Waals surface area contributed by atoms with Gasteiger partial charge in [0.2, 0.25) is 0 Å². The van der Waals surface area contributed by atoms with E-state index in [1.165, 1.54) is 0 Å². The van der Waals surface area contributed by atoms with Gasteiger partial charge in [-0.1, -0.05) is 5.10 Å². The molecule has 2 heterocycles. The SMILES string of the molecule is FC(F)(F)c1nnc(N2CCC(CNCl)CC2)o1. The van der Waals surface area contributed by atoms with Gasteiger partial charge in [-0.3, -0.25) is 0 Å². The number of nitrogens with zero attached hydrogens (tertiary/aromatic N) is 3. The van der Waals surface area contributed by atoms with Gasteiger partial charge in [-0.2, -0.15) is 13.2 Å². The summed E-state index contributed by atoms with van der Waals surface area (Å²) >= 11 is 5.41. The molecule has 18 heavy (non-hydrogen) atoms. The zero-order valence-electron chi connectivity index (χ0n) is 9.37. The van der Waals surface area contributed by atoms with Crippen molar-refractivity contribution in [2.45, 2.75) is 19.0 Å². The molecule has 0 spiro atoms. The van der Waals surface area contributed by atoms with Crippen LogP contribution in [0.25, 0.3) is 0 Å². The normalized spacial score (nSPS) is 18.3. The van der Waals surface area contributed by atoms with Gasteiger partial charge in [-0.05, 0) is 30.5 Å². The smallest absolute Gasteiger partial charge is 0.399 e. The molecule has 0 atom stereocenters. The molecule has 0 aliphatic carbocycles. The van der Waals surface area contributed by atoms with Crippen molar-refractivity contribution < 1.29 is 17.6 Å². The van der Waals surface area contributed by atoms with Gasteiger partial charge in [0, 0.05) is 19.6 Å². The molecule has 1 fully saturated rings. The second-order valence-corrected chi connectivity index (χ2v) is 4.42. The van der Waals surface area contributed by atoms with Gasteiger partial charge < -0.3 is 9.32 Å².